The standard InChI is InChI=1S/C25H30N4O4S/c1-17-6-8-21(9-7-17)34(31,32)29-15-20(22-18(2)26-16-27-23(22)29)14-19-10-12-28(13-11-19)24(30)33-25(3,4)5/h6-9,14-16H,10-13H2,1-5H3. The van der Waals surface area contributed by atoms with Crippen molar-refractivity contribution in [1.29, 1.82) is 0 Å². The Hall–Kier alpha value is -3.20. The van der Waals surface area contributed by atoms with Crippen LogP contribution in [0.15, 0.2) is 47.3 Å². The summed E-state index contributed by atoms with van der Waals surface area (Å²) in [5.74, 6) is 0. The SMILES string of the molecule is Cc1ccc(S(=O)(=O)n2cc(C=C3CCN(C(=O)OC(C)(C)C)CC3)c3c(C)ncnc32)cc1. The van der Waals surface area contributed by atoms with Gasteiger partial charge in [-0.1, -0.05) is 29.3 Å². The van der Waals surface area contributed by atoms with Gasteiger partial charge in [-0.15, -0.1) is 0 Å². The van der Waals surface area contributed by atoms with Gasteiger partial charge in [-0.3, -0.25) is 0 Å². The van der Waals surface area contributed by atoms with Gasteiger partial charge in [-0.05, 0) is 59.6 Å². The first kappa shape index (κ1) is 23.9. The maximum Gasteiger partial charge on any atom is 0.410 e. The monoisotopic (exact) mass is 482 g/mol. The first-order chi connectivity index (χ1) is 16.0. The summed E-state index contributed by atoms with van der Waals surface area (Å²) < 4.78 is 33.6. The number of ether oxygens (including phenoxy) is 1. The first-order valence-corrected chi connectivity index (χ1v) is 12.7. The zero-order chi connectivity index (χ0) is 24.7. The average Bonchev–Trinajstić information content (AvgIpc) is 3.14. The van der Waals surface area contributed by atoms with Crippen LogP contribution in [-0.4, -0.2) is 52.0 Å². The lowest BCUT2D eigenvalue weighted by atomic mass is 10.0. The van der Waals surface area contributed by atoms with E-state index in [0.29, 0.717) is 42.7 Å². The van der Waals surface area contributed by atoms with Crippen LogP contribution in [0.2, 0.25) is 0 Å². The number of piperidine rings is 1. The largest absolute Gasteiger partial charge is 0.444 e. The van der Waals surface area contributed by atoms with E-state index in [0.717, 1.165) is 16.7 Å². The van der Waals surface area contributed by atoms with Gasteiger partial charge < -0.3 is 9.64 Å². The van der Waals surface area contributed by atoms with E-state index in [2.05, 4.69) is 9.97 Å². The summed E-state index contributed by atoms with van der Waals surface area (Å²) in [5, 5.41) is 0.709. The molecule has 3 aromatic rings. The zero-order valence-electron chi connectivity index (χ0n) is 20.2. The fourth-order valence-electron chi connectivity index (χ4n) is 4.00. The Morgan fingerprint density at radius 1 is 1.06 bits per heavy atom. The average molecular weight is 483 g/mol. The molecule has 1 saturated heterocycles. The smallest absolute Gasteiger partial charge is 0.410 e. The van der Waals surface area contributed by atoms with E-state index < -0.39 is 15.6 Å². The summed E-state index contributed by atoms with van der Waals surface area (Å²) in [6.45, 7) is 10.4. The van der Waals surface area contributed by atoms with E-state index in [1.807, 2.05) is 40.7 Å². The van der Waals surface area contributed by atoms with E-state index >= 15 is 0 Å². The second kappa shape index (κ2) is 8.87. The van der Waals surface area contributed by atoms with Crippen LogP contribution < -0.4 is 0 Å². The molecule has 1 aliphatic heterocycles. The molecule has 3 heterocycles. The molecule has 180 valence electrons. The summed E-state index contributed by atoms with van der Waals surface area (Å²) in [7, 11) is -3.83. The number of hydrogen-bond acceptors (Lipinski definition) is 6. The minimum absolute atomic E-state index is 0.205. The highest BCUT2D eigenvalue weighted by atomic mass is 32.2. The Labute approximate surface area is 200 Å². The fourth-order valence-corrected chi connectivity index (χ4v) is 5.33. The molecule has 4 rings (SSSR count). The van der Waals surface area contributed by atoms with Gasteiger partial charge in [-0.2, -0.15) is 0 Å². The first-order valence-electron chi connectivity index (χ1n) is 11.3. The number of amides is 1. The Kier molecular flexibility index (Phi) is 6.24. The predicted molar refractivity (Wildman–Crippen MR) is 131 cm³/mol. The highest BCUT2D eigenvalue weighted by Crippen LogP contribution is 2.30. The van der Waals surface area contributed by atoms with Gasteiger partial charge in [0.1, 0.15) is 11.9 Å². The molecule has 8 nitrogen and oxygen atoms in total. The molecule has 0 unspecified atom stereocenters. The van der Waals surface area contributed by atoms with E-state index in [-0.39, 0.29) is 11.0 Å². The number of likely N-dealkylation sites (tertiary alicyclic amines) is 1. The van der Waals surface area contributed by atoms with Gasteiger partial charge in [-0.25, -0.2) is 27.2 Å². The van der Waals surface area contributed by atoms with Crippen LogP contribution in [0.1, 0.15) is 50.4 Å². The maximum atomic E-state index is 13.4. The van der Waals surface area contributed by atoms with Crippen molar-refractivity contribution in [2.24, 2.45) is 0 Å². The molecule has 0 aliphatic carbocycles. The number of fused-ring (bicyclic) bond motifs is 1. The van der Waals surface area contributed by atoms with Crippen molar-refractivity contribution < 1.29 is 17.9 Å². The van der Waals surface area contributed by atoms with Crippen molar-refractivity contribution in [2.75, 3.05) is 13.1 Å². The van der Waals surface area contributed by atoms with E-state index in [1.54, 1.807) is 35.4 Å². The molecule has 0 bridgehead atoms. The number of carbonyl (C=O) groups is 1. The zero-order valence-corrected chi connectivity index (χ0v) is 21.0. The number of benzene rings is 1. The number of aryl methyl sites for hydroxylation is 2. The molecule has 0 spiro atoms. The summed E-state index contributed by atoms with van der Waals surface area (Å²) in [5.41, 5.74) is 3.40. The molecule has 0 atom stereocenters. The summed E-state index contributed by atoms with van der Waals surface area (Å²) in [6, 6.07) is 6.77. The Morgan fingerprint density at radius 2 is 1.71 bits per heavy atom. The van der Waals surface area contributed by atoms with Crippen molar-refractivity contribution in [1.82, 2.24) is 18.8 Å². The van der Waals surface area contributed by atoms with Gasteiger partial charge in [0.05, 0.1) is 10.6 Å². The molecule has 2 aromatic heterocycles. The van der Waals surface area contributed by atoms with Crippen LogP contribution in [0.3, 0.4) is 0 Å². The lowest BCUT2D eigenvalue weighted by Crippen LogP contribution is -2.40. The number of carbonyl (C=O) groups excluding carboxylic acids is 1. The minimum Gasteiger partial charge on any atom is -0.444 e. The molecule has 34 heavy (non-hydrogen) atoms. The van der Waals surface area contributed by atoms with Crippen LogP contribution in [0.25, 0.3) is 17.1 Å². The Morgan fingerprint density at radius 3 is 2.32 bits per heavy atom. The molecule has 0 radical (unpaired) electrons. The molecular weight excluding hydrogens is 452 g/mol. The topological polar surface area (TPSA) is 94.4 Å². The van der Waals surface area contributed by atoms with Gasteiger partial charge in [0.2, 0.25) is 0 Å². The fraction of sp³-hybridized carbons (Fsp3) is 0.400. The molecule has 0 N–H and O–H groups in total. The molecule has 1 amide bonds. The van der Waals surface area contributed by atoms with Crippen LogP contribution in [0.4, 0.5) is 4.79 Å². The second-order valence-electron chi connectivity index (χ2n) is 9.63. The highest BCUT2D eigenvalue weighted by Gasteiger charge is 2.26. The van der Waals surface area contributed by atoms with Gasteiger partial charge in [0, 0.05) is 30.2 Å². The van der Waals surface area contributed by atoms with E-state index in [1.165, 1.54) is 10.3 Å². The van der Waals surface area contributed by atoms with Gasteiger partial charge in [0.15, 0.2) is 5.65 Å². The second-order valence-corrected chi connectivity index (χ2v) is 11.4. The van der Waals surface area contributed by atoms with Gasteiger partial charge >= 0.3 is 6.09 Å². The van der Waals surface area contributed by atoms with Crippen molar-refractivity contribution in [3.05, 3.63) is 59.2 Å². The van der Waals surface area contributed by atoms with Crippen LogP contribution in [0, 0.1) is 13.8 Å². The number of nitrogens with zero attached hydrogens (tertiary/aromatic N) is 4. The van der Waals surface area contributed by atoms with Crippen molar-refractivity contribution in [3.8, 4) is 0 Å². The molecule has 0 saturated carbocycles. The minimum atomic E-state index is -3.83. The summed E-state index contributed by atoms with van der Waals surface area (Å²) in [4.78, 5) is 22.9. The highest BCUT2D eigenvalue weighted by molar-refractivity contribution is 7.90. The van der Waals surface area contributed by atoms with E-state index in [4.69, 9.17) is 4.74 Å². The molecule has 1 aliphatic rings. The Bertz CT molecular complexity index is 1360. The van der Waals surface area contributed by atoms with Crippen molar-refractivity contribution in [3.63, 3.8) is 0 Å². The van der Waals surface area contributed by atoms with Crippen LogP contribution in [-0.2, 0) is 14.8 Å². The van der Waals surface area contributed by atoms with Crippen molar-refractivity contribution in [2.45, 2.75) is 58.0 Å². The number of aromatic nitrogens is 3. The predicted octanol–water partition coefficient (Wildman–Crippen LogP) is 4.70. The third kappa shape index (κ3) is 4.84. The molecule has 1 fully saturated rings. The van der Waals surface area contributed by atoms with Crippen molar-refractivity contribution >= 4 is 33.2 Å². The van der Waals surface area contributed by atoms with Crippen LogP contribution in [0.5, 0.6) is 0 Å². The third-order valence-electron chi connectivity index (χ3n) is 5.77. The molecular formula is C25H30N4O4S. The third-order valence-corrected chi connectivity index (χ3v) is 7.43. The lowest BCUT2D eigenvalue weighted by molar-refractivity contribution is 0.0237. The number of hydrogen-bond donors (Lipinski definition) is 0. The quantitative estimate of drug-likeness (QED) is 0.537. The van der Waals surface area contributed by atoms with Crippen LogP contribution >= 0.6 is 0 Å². The molecule has 1 aromatic carbocycles. The summed E-state index contributed by atoms with van der Waals surface area (Å²) in [6.07, 6.45) is 6.07. The lowest BCUT2D eigenvalue weighted by Gasteiger charge is -2.31. The molecule has 9 heteroatoms. The Balaban J connectivity index is 1.67. The van der Waals surface area contributed by atoms with Gasteiger partial charge in [0.25, 0.3) is 10.0 Å². The maximum absolute atomic E-state index is 13.4. The summed E-state index contributed by atoms with van der Waals surface area (Å²) >= 11 is 0. The normalized spacial score (nSPS) is 15.0. The number of rotatable bonds is 3. The van der Waals surface area contributed by atoms with E-state index in [9.17, 15) is 13.2 Å².